The lowest BCUT2D eigenvalue weighted by Crippen LogP contribution is -2.20. The fourth-order valence-corrected chi connectivity index (χ4v) is 2.15. The molecule has 0 unspecified atom stereocenters. The lowest BCUT2D eigenvalue weighted by Gasteiger charge is -2.10. The smallest absolute Gasteiger partial charge is 0.307 e. The van der Waals surface area contributed by atoms with Gasteiger partial charge in [-0.25, -0.2) is 9.18 Å². The maximum Gasteiger partial charge on any atom is 0.323 e. The summed E-state index contributed by atoms with van der Waals surface area (Å²) in [4.78, 5) is 11.8. The van der Waals surface area contributed by atoms with Gasteiger partial charge in [0, 0.05) is 9.50 Å². The number of anilines is 2. The van der Waals surface area contributed by atoms with Crippen LogP contribution in [0, 0.1) is 5.82 Å². The molecule has 0 fully saturated rings. The van der Waals surface area contributed by atoms with Crippen molar-refractivity contribution < 1.29 is 9.18 Å². The largest absolute Gasteiger partial charge is 0.323 e. The number of nitrogens with one attached hydrogen (secondary N) is 2. The SMILES string of the molecule is O=C(Nc1cc(Cl)ccc1Cl)Nc1cc(F)ccc1Br. The van der Waals surface area contributed by atoms with E-state index < -0.39 is 11.8 Å². The molecule has 0 spiro atoms. The molecule has 104 valence electrons. The van der Waals surface area contributed by atoms with Crippen molar-refractivity contribution in [3.05, 3.63) is 56.7 Å². The van der Waals surface area contributed by atoms with E-state index in [1.165, 1.54) is 24.3 Å². The van der Waals surface area contributed by atoms with Crippen molar-refractivity contribution in [2.75, 3.05) is 10.6 Å². The van der Waals surface area contributed by atoms with Gasteiger partial charge in [-0.1, -0.05) is 23.2 Å². The molecule has 0 radical (unpaired) electrons. The number of amides is 2. The molecule has 0 atom stereocenters. The van der Waals surface area contributed by atoms with Gasteiger partial charge in [0.25, 0.3) is 0 Å². The van der Waals surface area contributed by atoms with E-state index in [-0.39, 0.29) is 0 Å². The summed E-state index contributed by atoms with van der Waals surface area (Å²) in [6, 6.07) is 8.11. The Balaban J connectivity index is 2.13. The number of carbonyl (C=O) groups excluding carboxylic acids is 1. The molecule has 0 bridgehead atoms. The Morgan fingerprint density at radius 2 is 1.75 bits per heavy atom. The number of halogens is 4. The molecule has 7 heteroatoms. The normalized spacial score (nSPS) is 10.2. The predicted molar refractivity (Wildman–Crippen MR) is 83.2 cm³/mol. The van der Waals surface area contributed by atoms with E-state index in [0.717, 1.165) is 0 Å². The molecule has 0 saturated heterocycles. The van der Waals surface area contributed by atoms with Crippen LogP contribution in [0.5, 0.6) is 0 Å². The summed E-state index contributed by atoms with van der Waals surface area (Å²) in [6.45, 7) is 0. The third-order valence-corrected chi connectivity index (χ3v) is 3.61. The number of hydrogen-bond acceptors (Lipinski definition) is 1. The lowest BCUT2D eigenvalue weighted by atomic mass is 10.3. The second-order valence-corrected chi connectivity index (χ2v) is 5.53. The Morgan fingerprint density at radius 3 is 2.50 bits per heavy atom. The molecule has 2 N–H and O–H groups in total. The quantitative estimate of drug-likeness (QED) is 0.708. The highest BCUT2D eigenvalue weighted by molar-refractivity contribution is 9.10. The van der Waals surface area contributed by atoms with Gasteiger partial charge >= 0.3 is 6.03 Å². The summed E-state index contributed by atoms with van der Waals surface area (Å²) in [5, 5.41) is 5.84. The van der Waals surface area contributed by atoms with Crippen molar-refractivity contribution in [1.82, 2.24) is 0 Å². The number of carbonyl (C=O) groups is 1. The molecular formula is C13H8BrCl2FN2O. The van der Waals surface area contributed by atoms with Gasteiger partial charge in [0.2, 0.25) is 0 Å². The van der Waals surface area contributed by atoms with Crippen LogP contribution in [0.1, 0.15) is 0 Å². The van der Waals surface area contributed by atoms with Gasteiger partial charge in [0.1, 0.15) is 5.82 Å². The molecular weight excluding hydrogens is 370 g/mol. The molecule has 0 aliphatic rings. The van der Waals surface area contributed by atoms with Crippen LogP contribution in [-0.4, -0.2) is 6.03 Å². The Kier molecular flexibility index (Phi) is 4.86. The summed E-state index contributed by atoms with van der Waals surface area (Å²) < 4.78 is 13.7. The van der Waals surface area contributed by atoms with E-state index in [1.54, 1.807) is 12.1 Å². The Morgan fingerprint density at radius 1 is 1.05 bits per heavy atom. The van der Waals surface area contributed by atoms with Crippen molar-refractivity contribution in [2.24, 2.45) is 0 Å². The second kappa shape index (κ2) is 6.43. The first-order valence-electron chi connectivity index (χ1n) is 5.44. The highest BCUT2D eigenvalue weighted by Gasteiger charge is 2.09. The van der Waals surface area contributed by atoms with Crippen LogP contribution in [0.4, 0.5) is 20.6 Å². The molecule has 0 aliphatic heterocycles. The third kappa shape index (κ3) is 3.85. The molecule has 2 aromatic rings. The second-order valence-electron chi connectivity index (χ2n) is 3.83. The number of benzene rings is 2. The van der Waals surface area contributed by atoms with Crippen LogP contribution in [0.25, 0.3) is 0 Å². The van der Waals surface area contributed by atoms with E-state index >= 15 is 0 Å². The van der Waals surface area contributed by atoms with Crippen LogP contribution in [-0.2, 0) is 0 Å². The molecule has 0 heterocycles. The van der Waals surface area contributed by atoms with Crippen molar-refractivity contribution in [3.8, 4) is 0 Å². The summed E-state index contributed by atoms with van der Waals surface area (Å²) in [5.41, 5.74) is 0.671. The molecule has 0 aliphatic carbocycles. The maximum absolute atomic E-state index is 13.1. The van der Waals surface area contributed by atoms with Gasteiger partial charge in [-0.3, -0.25) is 0 Å². The van der Waals surface area contributed by atoms with Gasteiger partial charge in [-0.2, -0.15) is 0 Å². The van der Waals surface area contributed by atoms with Crippen molar-refractivity contribution in [2.45, 2.75) is 0 Å². The predicted octanol–water partition coefficient (Wildman–Crippen LogP) is 5.54. The lowest BCUT2D eigenvalue weighted by molar-refractivity contribution is 0.262. The summed E-state index contributed by atoms with van der Waals surface area (Å²) in [5.74, 6) is -0.454. The monoisotopic (exact) mass is 376 g/mol. The molecule has 3 nitrogen and oxygen atoms in total. The molecule has 2 aromatic carbocycles. The zero-order valence-electron chi connectivity index (χ0n) is 9.88. The Hall–Kier alpha value is -1.30. The van der Waals surface area contributed by atoms with Crippen molar-refractivity contribution in [3.63, 3.8) is 0 Å². The molecule has 2 rings (SSSR count). The van der Waals surface area contributed by atoms with E-state index in [0.29, 0.717) is 25.9 Å². The standard InChI is InChI=1S/C13H8BrCl2FN2O/c14-9-3-2-8(17)6-11(9)18-13(20)19-12-5-7(15)1-4-10(12)16/h1-6H,(H2,18,19,20). The third-order valence-electron chi connectivity index (χ3n) is 2.35. The van der Waals surface area contributed by atoms with Crippen LogP contribution in [0.3, 0.4) is 0 Å². The minimum atomic E-state index is -0.555. The average Bonchev–Trinajstić information content (AvgIpc) is 2.38. The van der Waals surface area contributed by atoms with Gasteiger partial charge in [-0.15, -0.1) is 0 Å². The number of rotatable bonds is 2. The van der Waals surface area contributed by atoms with Gasteiger partial charge in [-0.05, 0) is 52.3 Å². The fraction of sp³-hybridized carbons (Fsp3) is 0. The van der Waals surface area contributed by atoms with E-state index in [4.69, 9.17) is 23.2 Å². The van der Waals surface area contributed by atoms with Crippen LogP contribution >= 0.6 is 39.1 Å². The zero-order chi connectivity index (χ0) is 14.7. The Labute approximate surface area is 133 Å². The van der Waals surface area contributed by atoms with Crippen LogP contribution < -0.4 is 10.6 Å². The molecule has 20 heavy (non-hydrogen) atoms. The van der Waals surface area contributed by atoms with Gasteiger partial charge in [0.15, 0.2) is 0 Å². The summed E-state index contributed by atoms with van der Waals surface area (Å²) >= 11 is 15.0. The molecule has 2 amide bonds. The minimum absolute atomic E-state index is 0.306. The van der Waals surface area contributed by atoms with Gasteiger partial charge < -0.3 is 10.6 Å². The number of hydrogen-bond donors (Lipinski definition) is 2. The summed E-state index contributed by atoms with van der Waals surface area (Å²) in [6.07, 6.45) is 0. The molecule has 0 saturated carbocycles. The van der Waals surface area contributed by atoms with Crippen molar-refractivity contribution >= 4 is 56.5 Å². The average molecular weight is 378 g/mol. The highest BCUT2D eigenvalue weighted by atomic mass is 79.9. The van der Waals surface area contributed by atoms with E-state index in [9.17, 15) is 9.18 Å². The van der Waals surface area contributed by atoms with Crippen LogP contribution in [0.2, 0.25) is 10.0 Å². The topological polar surface area (TPSA) is 41.1 Å². The number of urea groups is 1. The minimum Gasteiger partial charge on any atom is -0.307 e. The first-order valence-corrected chi connectivity index (χ1v) is 6.99. The van der Waals surface area contributed by atoms with Gasteiger partial charge in [0.05, 0.1) is 16.4 Å². The first kappa shape index (κ1) is 15.1. The van der Waals surface area contributed by atoms with Crippen LogP contribution in [0.15, 0.2) is 40.9 Å². The van der Waals surface area contributed by atoms with Crippen molar-refractivity contribution in [1.29, 1.82) is 0 Å². The maximum atomic E-state index is 13.1. The molecule has 0 aromatic heterocycles. The first-order chi connectivity index (χ1) is 9.45. The van der Waals surface area contributed by atoms with E-state index in [2.05, 4.69) is 26.6 Å². The van der Waals surface area contributed by atoms with E-state index in [1.807, 2.05) is 0 Å². The Bertz CT molecular complexity index is 611. The summed E-state index contributed by atoms with van der Waals surface area (Å²) in [7, 11) is 0. The zero-order valence-corrected chi connectivity index (χ0v) is 13.0. The fourth-order valence-electron chi connectivity index (χ4n) is 1.46. The highest BCUT2D eigenvalue weighted by Crippen LogP contribution is 2.26.